The third-order valence-electron chi connectivity index (χ3n) is 4.24. The number of hydrogen-bond acceptors (Lipinski definition) is 4. The maximum atomic E-state index is 12.2. The van der Waals surface area contributed by atoms with Gasteiger partial charge in [0.2, 0.25) is 5.91 Å². The summed E-state index contributed by atoms with van der Waals surface area (Å²) < 4.78 is 0. The Morgan fingerprint density at radius 1 is 1.17 bits per heavy atom. The lowest BCUT2D eigenvalue weighted by Crippen LogP contribution is -2.48. The quantitative estimate of drug-likeness (QED) is 0.795. The zero-order valence-corrected chi connectivity index (χ0v) is 14.0. The second-order valence-electron chi connectivity index (χ2n) is 5.90. The van der Waals surface area contributed by atoms with Gasteiger partial charge in [-0.05, 0) is 12.8 Å². The summed E-state index contributed by atoms with van der Waals surface area (Å²) in [5.74, 6) is -0.638. The first-order valence-corrected chi connectivity index (χ1v) is 8.89. The van der Waals surface area contributed by atoms with Crippen LogP contribution < -0.4 is 16.4 Å². The van der Waals surface area contributed by atoms with Crippen LogP contribution in [-0.2, 0) is 4.79 Å². The molecule has 2 atom stereocenters. The predicted molar refractivity (Wildman–Crippen MR) is 94.6 cm³/mol. The summed E-state index contributed by atoms with van der Waals surface area (Å²) in [7, 11) is 0. The molecule has 1 aliphatic carbocycles. The van der Waals surface area contributed by atoms with Gasteiger partial charge in [-0.3, -0.25) is 10.1 Å². The average Bonchev–Trinajstić information content (AvgIpc) is 3.04. The highest BCUT2D eigenvalue weighted by Crippen LogP contribution is 2.26. The maximum Gasteiger partial charge on any atom is 0.321 e. The number of rotatable bonds is 4. The number of nitrogens with one attached hydrogen (secondary N) is 2. The van der Waals surface area contributed by atoms with Gasteiger partial charge in [0.05, 0.1) is 11.6 Å². The smallest absolute Gasteiger partial charge is 0.321 e. The Morgan fingerprint density at radius 3 is 2.67 bits per heavy atom. The van der Waals surface area contributed by atoms with Crippen molar-refractivity contribution in [3.05, 3.63) is 35.7 Å². The Labute approximate surface area is 144 Å². The molecule has 0 saturated heterocycles. The molecule has 0 bridgehead atoms. The van der Waals surface area contributed by atoms with Crippen LogP contribution >= 0.6 is 11.3 Å². The standard InChI is InChI=1S/C17H20N4O2S/c18-15(22)12-8-4-5-9-13(12)19-16(23)21-17-20-14(10-24-17)11-6-2-1-3-7-11/h1-3,6-7,10,12-13H,4-5,8-9H2,(H2,18,22)(H2,19,20,21,23)/t12-,13+/m1/s1. The molecular weight excluding hydrogens is 324 g/mol. The highest BCUT2D eigenvalue weighted by molar-refractivity contribution is 7.14. The van der Waals surface area contributed by atoms with E-state index in [1.54, 1.807) is 0 Å². The van der Waals surface area contributed by atoms with Crippen LogP contribution in [0.1, 0.15) is 25.7 Å². The largest absolute Gasteiger partial charge is 0.369 e. The zero-order chi connectivity index (χ0) is 16.9. The number of nitrogens with two attached hydrogens (primary N) is 1. The third-order valence-corrected chi connectivity index (χ3v) is 5.00. The summed E-state index contributed by atoms with van der Waals surface area (Å²) in [6.45, 7) is 0. The van der Waals surface area contributed by atoms with E-state index in [9.17, 15) is 9.59 Å². The molecule has 2 aromatic rings. The SMILES string of the molecule is NC(=O)[C@@H]1CCCC[C@@H]1NC(=O)Nc1nc(-c2ccccc2)cs1. The van der Waals surface area contributed by atoms with Gasteiger partial charge in [0, 0.05) is 17.0 Å². The van der Waals surface area contributed by atoms with Crippen molar-refractivity contribution in [3.63, 3.8) is 0 Å². The fourth-order valence-corrected chi connectivity index (χ4v) is 3.73. The fourth-order valence-electron chi connectivity index (χ4n) is 3.02. The average molecular weight is 344 g/mol. The van der Waals surface area contributed by atoms with Crippen molar-refractivity contribution in [1.29, 1.82) is 0 Å². The molecule has 3 rings (SSSR count). The van der Waals surface area contributed by atoms with Crippen molar-refractivity contribution in [2.75, 3.05) is 5.32 Å². The van der Waals surface area contributed by atoms with Crippen LogP contribution in [0.5, 0.6) is 0 Å². The first-order chi connectivity index (χ1) is 11.6. The number of primary amides is 1. The number of thiazole rings is 1. The lowest BCUT2D eigenvalue weighted by atomic mass is 9.84. The fraction of sp³-hybridized carbons (Fsp3) is 0.353. The second-order valence-corrected chi connectivity index (χ2v) is 6.76. The molecule has 1 aromatic carbocycles. The molecule has 0 radical (unpaired) electrons. The van der Waals surface area contributed by atoms with Gasteiger partial charge in [-0.15, -0.1) is 11.3 Å². The van der Waals surface area contributed by atoms with Crippen LogP contribution in [0.15, 0.2) is 35.7 Å². The lowest BCUT2D eigenvalue weighted by molar-refractivity contribution is -0.123. The van der Waals surface area contributed by atoms with Crippen LogP contribution in [0.3, 0.4) is 0 Å². The zero-order valence-electron chi connectivity index (χ0n) is 13.2. The number of carbonyl (C=O) groups is 2. The first kappa shape index (κ1) is 16.4. The van der Waals surface area contributed by atoms with Crippen LogP contribution in [0.4, 0.5) is 9.93 Å². The van der Waals surface area contributed by atoms with Crippen molar-refractivity contribution in [2.24, 2.45) is 11.7 Å². The van der Waals surface area contributed by atoms with E-state index in [0.29, 0.717) is 5.13 Å². The van der Waals surface area contributed by atoms with Crippen molar-refractivity contribution in [2.45, 2.75) is 31.7 Å². The van der Waals surface area contributed by atoms with E-state index in [-0.39, 0.29) is 23.9 Å². The summed E-state index contributed by atoms with van der Waals surface area (Å²) in [4.78, 5) is 28.1. The van der Waals surface area contributed by atoms with E-state index < -0.39 is 0 Å². The summed E-state index contributed by atoms with van der Waals surface area (Å²) in [5.41, 5.74) is 7.26. The van der Waals surface area contributed by atoms with Crippen LogP contribution in [0, 0.1) is 5.92 Å². The van der Waals surface area contributed by atoms with Crippen LogP contribution in [0.2, 0.25) is 0 Å². The van der Waals surface area contributed by atoms with Crippen molar-refractivity contribution >= 4 is 28.4 Å². The van der Waals surface area contributed by atoms with Gasteiger partial charge in [0.25, 0.3) is 0 Å². The number of benzene rings is 1. The number of nitrogens with zero attached hydrogens (tertiary/aromatic N) is 1. The number of amides is 3. The van der Waals surface area contributed by atoms with E-state index in [4.69, 9.17) is 5.73 Å². The third kappa shape index (κ3) is 3.91. The van der Waals surface area contributed by atoms with Gasteiger partial charge in [-0.2, -0.15) is 0 Å². The summed E-state index contributed by atoms with van der Waals surface area (Å²) in [6.07, 6.45) is 3.47. The van der Waals surface area contributed by atoms with Crippen LogP contribution in [0.25, 0.3) is 11.3 Å². The number of urea groups is 1. The van der Waals surface area contributed by atoms with E-state index in [2.05, 4.69) is 15.6 Å². The van der Waals surface area contributed by atoms with Crippen molar-refractivity contribution < 1.29 is 9.59 Å². The first-order valence-electron chi connectivity index (χ1n) is 8.01. The molecule has 126 valence electrons. The molecule has 0 aliphatic heterocycles. The van der Waals surface area contributed by atoms with Gasteiger partial charge in [0.1, 0.15) is 0 Å². The van der Waals surface area contributed by atoms with Crippen LogP contribution in [-0.4, -0.2) is 23.0 Å². The Balaban J connectivity index is 1.61. The number of carbonyl (C=O) groups excluding carboxylic acids is 2. The van der Waals surface area contributed by atoms with E-state index in [1.165, 1.54) is 11.3 Å². The highest BCUT2D eigenvalue weighted by Gasteiger charge is 2.30. The molecule has 1 heterocycles. The molecule has 1 aliphatic rings. The van der Waals surface area contributed by atoms with Gasteiger partial charge >= 0.3 is 6.03 Å². The molecule has 1 fully saturated rings. The molecule has 6 nitrogen and oxygen atoms in total. The van der Waals surface area contributed by atoms with E-state index in [1.807, 2.05) is 35.7 Å². The molecule has 3 amide bonds. The molecule has 4 N–H and O–H groups in total. The van der Waals surface area contributed by atoms with Gasteiger partial charge in [-0.1, -0.05) is 43.2 Å². The Kier molecular flexibility index (Phi) is 5.10. The molecule has 0 spiro atoms. The predicted octanol–water partition coefficient (Wildman–Crippen LogP) is 2.98. The topological polar surface area (TPSA) is 97.1 Å². The monoisotopic (exact) mass is 344 g/mol. The normalized spacial score (nSPS) is 20.3. The Morgan fingerprint density at radius 2 is 1.92 bits per heavy atom. The molecule has 1 saturated carbocycles. The second kappa shape index (κ2) is 7.44. The van der Waals surface area contributed by atoms with E-state index in [0.717, 1.165) is 36.9 Å². The molecule has 24 heavy (non-hydrogen) atoms. The minimum Gasteiger partial charge on any atom is -0.369 e. The molecule has 0 unspecified atom stereocenters. The Hall–Kier alpha value is -2.41. The molecule has 1 aromatic heterocycles. The van der Waals surface area contributed by atoms with Gasteiger partial charge < -0.3 is 11.1 Å². The van der Waals surface area contributed by atoms with Gasteiger partial charge in [0.15, 0.2) is 5.13 Å². The van der Waals surface area contributed by atoms with E-state index >= 15 is 0 Å². The lowest BCUT2D eigenvalue weighted by Gasteiger charge is -2.29. The number of aromatic nitrogens is 1. The summed E-state index contributed by atoms with van der Waals surface area (Å²) >= 11 is 1.37. The summed E-state index contributed by atoms with van der Waals surface area (Å²) in [5, 5.41) is 8.03. The minimum absolute atomic E-state index is 0.204. The van der Waals surface area contributed by atoms with Crippen molar-refractivity contribution in [3.8, 4) is 11.3 Å². The number of hydrogen-bond donors (Lipinski definition) is 3. The number of anilines is 1. The van der Waals surface area contributed by atoms with Crippen molar-refractivity contribution in [1.82, 2.24) is 10.3 Å². The molecule has 7 heteroatoms. The highest BCUT2D eigenvalue weighted by atomic mass is 32.1. The molecular formula is C17H20N4O2S. The minimum atomic E-state index is -0.347. The summed E-state index contributed by atoms with van der Waals surface area (Å²) in [6, 6.07) is 9.23. The maximum absolute atomic E-state index is 12.2. The Bertz CT molecular complexity index is 716. The van der Waals surface area contributed by atoms with Gasteiger partial charge in [-0.25, -0.2) is 9.78 Å².